The van der Waals surface area contributed by atoms with Crippen LogP contribution in [0.5, 0.6) is 11.5 Å². The molecule has 3 N–H and O–H groups in total. The summed E-state index contributed by atoms with van der Waals surface area (Å²) < 4.78 is 10.5. The van der Waals surface area contributed by atoms with Crippen LogP contribution in [0.4, 0.5) is 27.8 Å². The minimum Gasteiger partial charge on any atom is -0.495 e. The van der Waals surface area contributed by atoms with Crippen molar-refractivity contribution in [2.45, 2.75) is 6.54 Å². The molecule has 0 aliphatic heterocycles. The second-order valence-electron chi connectivity index (χ2n) is 7.23. The Morgan fingerprint density at radius 2 is 1.69 bits per heavy atom. The van der Waals surface area contributed by atoms with Crippen LogP contribution in [0, 0.1) is 0 Å². The number of anilines is 4. The quantitative estimate of drug-likeness (QED) is 0.317. The number of amides is 3. The van der Waals surface area contributed by atoms with Gasteiger partial charge in [-0.05, 0) is 11.6 Å². The molecule has 1 aromatic heterocycles. The molecular weight excluding hydrogens is 531 g/mol. The number of ether oxygens (including phenoxy) is 2. The Balaban J connectivity index is 1.80. The lowest BCUT2D eigenvalue weighted by atomic mass is 10.1. The molecule has 13 heteroatoms. The van der Waals surface area contributed by atoms with E-state index in [0.717, 1.165) is 5.56 Å². The molecule has 36 heavy (non-hydrogen) atoms. The fourth-order valence-electron chi connectivity index (χ4n) is 3.06. The van der Waals surface area contributed by atoms with Crippen LogP contribution in [-0.4, -0.2) is 49.1 Å². The van der Waals surface area contributed by atoms with E-state index in [9.17, 15) is 9.59 Å². The van der Waals surface area contributed by atoms with Crippen molar-refractivity contribution in [3.05, 3.63) is 58.3 Å². The highest BCUT2D eigenvalue weighted by Crippen LogP contribution is 2.44. The average Bonchev–Trinajstić information content (AvgIpc) is 2.90. The molecule has 0 radical (unpaired) electrons. The second kappa shape index (κ2) is 12.5. The van der Waals surface area contributed by atoms with Crippen LogP contribution in [-0.2, 0) is 11.3 Å². The summed E-state index contributed by atoms with van der Waals surface area (Å²) in [5, 5.41) is 8.81. The first-order valence-corrected chi connectivity index (χ1v) is 11.7. The standard InChI is InChI=1S/C23H23Cl3N6O4/c1-32(23(34)31-22-20(25)15(35-2)8-16(36-3)21(22)26)18-9-17(28-12-29-18)30-14-7-5-4-6-13(14)11-27-19(33)10-24/h4-9,12H,10-11H2,1-3H3,(H,27,33)(H,31,34)(H,28,29,30). The largest absolute Gasteiger partial charge is 0.495 e. The van der Waals surface area contributed by atoms with Gasteiger partial charge in [0.25, 0.3) is 0 Å². The maximum absolute atomic E-state index is 13.0. The third kappa shape index (κ3) is 6.39. The Hall–Kier alpha value is -3.47. The number of carbonyl (C=O) groups is 2. The fraction of sp³-hybridized carbons (Fsp3) is 0.217. The minimum absolute atomic E-state index is 0.118. The van der Waals surface area contributed by atoms with Crippen LogP contribution in [0.3, 0.4) is 0 Å². The number of methoxy groups -OCH3 is 2. The van der Waals surface area contributed by atoms with Gasteiger partial charge in [-0.1, -0.05) is 41.4 Å². The molecule has 0 fully saturated rings. The molecule has 3 amide bonds. The molecule has 10 nitrogen and oxygen atoms in total. The van der Waals surface area contributed by atoms with E-state index < -0.39 is 6.03 Å². The predicted octanol–water partition coefficient (Wildman–Crippen LogP) is 5.07. The number of carbonyl (C=O) groups excluding carboxylic acids is 2. The molecule has 0 saturated carbocycles. The van der Waals surface area contributed by atoms with E-state index in [1.165, 1.54) is 38.6 Å². The molecule has 0 atom stereocenters. The molecule has 3 aromatic rings. The monoisotopic (exact) mass is 552 g/mol. The van der Waals surface area contributed by atoms with Crippen molar-refractivity contribution in [2.24, 2.45) is 0 Å². The number of halogens is 3. The van der Waals surface area contributed by atoms with Crippen LogP contribution >= 0.6 is 34.8 Å². The third-order valence-electron chi connectivity index (χ3n) is 4.98. The van der Waals surface area contributed by atoms with E-state index in [0.29, 0.717) is 17.3 Å². The molecular formula is C23H23Cl3N6O4. The van der Waals surface area contributed by atoms with Gasteiger partial charge in [0.05, 0.1) is 19.9 Å². The van der Waals surface area contributed by atoms with Crippen molar-refractivity contribution in [3.63, 3.8) is 0 Å². The van der Waals surface area contributed by atoms with Gasteiger partial charge in [0.1, 0.15) is 45.4 Å². The van der Waals surface area contributed by atoms with E-state index in [4.69, 9.17) is 44.3 Å². The molecule has 0 bridgehead atoms. The number of aromatic nitrogens is 2. The summed E-state index contributed by atoms with van der Waals surface area (Å²) in [6.07, 6.45) is 1.31. The molecule has 0 saturated heterocycles. The zero-order valence-corrected chi connectivity index (χ0v) is 21.8. The summed E-state index contributed by atoms with van der Waals surface area (Å²) in [6.45, 7) is 0.278. The van der Waals surface area contributed by atoms with Gasteiger partial charge >= 0.3 is 6.03 Å². The van der Waals surface area contributed by atoms with E-state index in [-0.39, 0.29) is 45.6 Å². The number of urea groups is 1. The molecule has 0 aliphatic rings. The van der Waals surface area contributed by atoms with Gasteiger partial charge in [0, 0.05) is 31.4 Å². The molecule has 3 rings (SSSR count). The highest BCUT2D eigenvalue weighted by Gasteiger charge is 2.22. The highest BCUT2D eigenvalue weighted by molar-refractivity contribution is 6.41. The first-order valence-electron chi connectivity index (χ1n) is 10.4. The molecule has 1 heterocycles. The number of rotatable bonds is 9. The zero-order chi connectivity index (χ0) is 26.2. The van der Waals surface area contributed by atoms with Gasteiger partial charge < -0.3 is 25.4 Å². The lowest BCUT2D eigenvalue weighted by Crippen LogP contribution is -2.32. The fourth-order valence-corrected chi connectivity index (χ4v) is 3.75. The maximum atomic E-state index is 13.0. The predicted molar refractivity (Wildman–Crippen MR) is 141 cm³/mol. The molecule has 2 aromatic carbocycles. The van der Waals surface area contributed by atoms with Crippen molar-refractivity contribution in [1.82, 2.24) is 15.3 Å². The number of para-hydroxylation sites is 1. The van der Waals surface area contributed by atoms with Crippen LogP contribution in [0.1, 0.15) is 5.56 Å². The van der Waals surface area contributed by atoms with Gasteiger partial charge in [0.15, 0.2) is 0 Å². The van der Waals surface area contributed by atoms with E-state index in [1.807, 2.05) is 24.3 Å². The Bertz CT molecular complexity index is 1230. The van der Waals surface area contributed by atoms with Crippen LogP contribution in [0.2, 0.25) is 10.0 Å². The molecule has 190 valence electrons. The smallest absolute Gasteiger partial charge is 0.327 e. The topological polar surface area (TPSA) is 118 Å². The number of hydrogen-bond acceptors (Lipinski definition) is 7. The summed E-state index contributed by atoms with van der Waals surface area (Å²) >= 11 is 18.3. The van der Waals surface area contributed by atoms with E-state index >= 15 is 0 Å². The van der Waals surface area contributed by atoms with Gasteiger partial charge in [-0.15, -0.1) is 11.6 Å². The SMILES string of the molecule is COc1cc(OC)c(Cl)c(NC(=O)N(C)c2cc(Nc3ccccc3CNC(=O)CCl)ncn2)c1Cl. The lowest BCUT2D eigenvalue weighted by Gasteiger charge is -2.20. The van der Waals surface area contributed by atoms with Crippen molar-refractivity contribution in [1.29, 1.82) is 0 Å². The van der Waals surface area contributed by atoms with Gasteiger partial charge in [-0.3, -0.25) is 9.69 Å². The van der Waals surface area contributed by atoms with Crippen LogP contribution in [0.25, 0.3) is 0 Å². The van der Waals surface area contributed by atoms with Gasteiger partial charge in [-0.2, -0.15) is 0 Å². The first-order chi connectivity index (χ1) is 17.3. The number of hydrogen-bond donors (Lipinski definition) is 3. The van der Waals surface area contributed by atoms with Crippen molar-refractivity contribution in [3.8, 4) is 11.5 Å². The van der Waals surface area contributed by atoms with Crippen molar-refractivity contribution >= 4 is 69.8 Å². The minimum atomic E-state index is -0.567. The summed E-state index contributed by atoms with van der Waals surface area (Å²) in [7, 11) is 4.40. The van der Waals surface area contributed by atoms with Gasteiger partial charge in [-0.25, -0.2) is 14.8 Å². The normalized spacial score (nSPS) is 10.4. The van der Waals surface area contributed by atoms with E-state index in [2.05, 4.69) is 25.9 Å². The summed E-state index contributed by atoms with van der Waals surface area (Å²) in [5.74, 6) is 0.876. The van der Waals surface area contributed by atoms with E-state index in [1.54, 1.807) is 6.07 Å². The molecule has 0 unspecified atom stereocenters. The maximum Gasteiger partial charge on any atom is 0.327 e. The van der Waals surface area contributed by atoms with Crippen LogP contribution < -0.4 is 30.3 Å². The summed E-state index contributed by atoms with van der Waals surface area (Å²) in [6, 6.07) is 9.92. The Morgan fingerprint density at radius 1 is 1.03 bits per heavy atom. The Labute approximate surface area is 222 Å². The summed E-state index contributed by atoms with van der Waals surface area (Å²) in [5.41, 5.74) is 1.66. The van der Waals surface area contributed by atoms with Crippen molar-refractivity contribution < 1.29 is 19.1 Å². The lowest BCUT2D eigenvalue weighted by molar-refractivity contribution is -0.118. The third-order valence-corrected chi connectivity index (χ3v) is 5.98. The van der Waals surface area contributed by atoms with Crippen LogP contribution in [0.15, 0.2) is 42.7 Å². The average molecular weight is 554 g/mol. The summed E-state index contributed by atoms with van der Waals surface area (Å²) in [4.78, 5) is 34.2. The number of nitrogens with zero attached hydrogens (tertiary/aromatic N) is 3. The molecule has 0 spiro atoms. The van der Waals surface area contributed by atoms with Gasteiger partial charge in [0.2, 0.25) is 5.91 Å². The first kappa shape index (κ1) is 27.1. The Morgan fingerprint density at radius 3 is 2.33 bits per heavy atom. The van der Waals surface area contributed by atoms with Crippen molar-refractivity contribution in [2.75, 3.05) is 42.7 Å². The number of alkyl halides is 1. The zero-order valence-electron chi connectivity index (χ0n) is 19.6. The second-order valence-corrected chi connectivity index (χ2v) is 8.25. The number of nitrogens with one attached hydrogen (secondary N) is 3. The molecule has 0 aliphatic carbocycles. The Kier molecular flexibility index (Phi) is 9.40. The number of benzene rings is 2. The highest BCUT2D eigenvalue weighted by atomic mass is 35.5.